The Morgan fingerprint density at radius 2 is 1.73 bits per heavy atom. The van der Waals surface area contributed by atoms with Gasteiger partial charge >= 0.3 is 12.1 Å². The van der Waals surface area contributed by atoms with Crippen LogP contribution in [0.1, 0.15) is 33.3 Å². The predicted molar refractivity (Wildman–Crippen MR) is 187 cm³/mol. The fraction of sp³-hybridized carbons (Fsp3) is 0.441. The van der Waals surface area contributed by atoms with Gasteiger partial charge in [-0.1, -0.05) is 76.0 Å². The van der Waals surface area contributed by atoms with E-state index in [1.54, 1.807) is 19.1 Å². The average Bonchev–Trinajstić information content (AvgIpc) is 3.51. The van der Waals surface area contributed by atoms with Crippen molar-refractivity contribution in [3.63, 3.8) is 0 Å². The molecule has 14 heteroatoms. The normalized spacial score (nSPS) is 20.0. The van der Waals surface area contributed by atoms with E-state index in [1.807, 2.05) is 18.2 Å². The first-order chi connectivity index (χ1) is 23.0. The van der Waals surface area contributed by atoms with Crippen molar-refractivity contribution >= 4 is 64.6 Å². The van der Waals surface area contributed by atoms with E-state index in [9.17, 15) is 22.8 Å². The van der Waals surface area contributed by atoms with Crippen LogP contribution in [-0.2, 0) is 44.7 Å². The number of esters is 1. The van der Waals surface area contributed by atoms with Crippen molar-refractivity contribution in [3.05, 3.63) is 71.8 Å². The summed E-state index contributed by atoms with van der Waals surface area (Å²) >= 11 is 1.19. The lowest BCUT2D eigenvalue weighted by Crippen LogP contribution is -2.61. The Morgan fingerprint density at radius 1 is 1.04 bits per heavy atom. The first kappa shape index (κ1) is 35.7. The van der Waals surface area contributed by atoms with E-state index in [-0.39, 0.29) is 30.4 Å². The van der Waals surface area contributed by atoms with Crippen LogP contribution in [0.3, 0.4) is 0 Å². The molecule has 1 amide bonds. The van der Waals surface area contributed by atoms with Crippen LogP contribution in [0.25, 0.3) is 10.8 Å². The number of carbonyl (C=O) groups is 3. The fourth-order valence-corrected chi connectivity index (χ4v) is 12.5. The monoisotopic (exact) mass is 714 g/mol. The Kier molecular flexibility index (Phi) is 10.8. The third kappa shape index (κ3) is 6.30. The van der Waals surface area contributed by atoms with Crippen molar-refractivity contribution in [3.8, 4) is 0 Å². The molecule has 3 atom stereocenters. The SMILES string of the molecule is C=CCOC(=O)O[C@@H](C)C1C(=O)N2C(C(=O)OCC=C)=C(CN3c4cccc5c(CCO[Si](CC)(CC)CC)ccc(c45)S3(=O)=O)SC12. The Labute approximate surface area is 287 Å². The van der Waals surface area contributed by atoms with Crippen molar-refractivity contribution < 1.29 is 41.4 Å². The molecule has 3 heterocycles. The summed E-state index contributed by atoms with van der Waals surface area (Å²) < 4.78 is 51.5. The summed E-state index contributed by atoms with van der Waals surface area (Å²) in [5, 5.41) is 0.848. The van der Waals surface area contributed by atoms with Crippen LogP contribution in [0.4, 0.5) is 10.5 Å². The number of ether oxygens (including phenoxy) is 3. The van der Waals surface area contributed by atoms with Gasteiger partial charge in [0.2, 0.25) is 5.91 Å². The molecule has 0 aromatic heterocycles. The number of β-lactam (4-membered cyclic amide) rings is 1. The lowest BCUT2D eigenvalue weighted by Gasteiger charge is -2.44. The lowest BCUT2D eigenvalue weighted by atomic mass is 9.92. The zero-order chi connectivity index (χ0) is 34.8. The van der Waals surface area contributed by atoms with Crippen LogP contribution in [0.5, 0.6) is 0 Å². The molecule has 5 rings (SSSR count). The quantitative estimate of drug-likeness (QED) is 0.0869. The van der Waals surface area contributed by atoms with Crippen molar-refractivity contribution in [2.75, 3.05) is 30.7 Å². The van der Waals surface area contributed by atoms with Crippen molar-refractivity contribution in [1.82, 2.24) is 4.90 Å². The number of carbonyl (C=O) groups excluding carboxylic acids is 3. The van der Waals surface area contributed by atoms with Crippen LogP contribution in [-0.4, -0.2) is 77.5 Å². The molecule has 2 aromatic rings. The minimum absolute atomic E-state index is 0.0267. The van der Waals surface area contributed by atoms with E-state index in [2.05, 4.69) is 33.9 Å². The number of thioether (sulfide) groups is 1. The number of hydrogen-bond donors (Lipinski definition) is 0. The summed E-state index contributed by atoms with van der Waals surface area (Å²) in [4.78, 5) is 40.7. The maximum Gasteiger partial charge on any atom is 0.508 e. The molecule has 11 nitrogen and oxygen atoms in total. The highest BCUT2D eigenvalue weighted by Gasteiger charge is 2.59. The molecule has 1 fully saturated rings. The zero-order valence-electron chi connectivity index (χ0n) is 27.7. The van der Waals surface area contributed by atoms with Crippen LogP contribution in [0.2, 0.25) is 18.1 Å². The highest BCUT2D eigenvalue weighted by atomic mass is 32.2. The molecule has 258 valence electrons. The van der Waals surface area contributed by atoms with Gasteiger partial charge in [-0.05, 0) is 54.6 Å². The van der Waals surface area contributed by atoms with Crippen LogP contribution in [0, 0.1) is 5.92 Å². The van der Waals surface area contributed by atoms with E-state index >= 15 is 0 Å². The Balaban J connectivity index is 1.44. The van der Waals surface area contributed by atoms with Crippen molar-refractivity contribution in [1.29, 1.82) is 0 Å². The largest absolute Gasteiger partial charge is 0.508 e. The number of amides is 1. The van der Waals surface area contributed by atoms with Gasteiger partial charge in [0.25, 0.3) is 10.0 Å². The van der Waals surface area contributed by atoms with Gasteiger partial charge in [0, 0.05) is 16.9 Å². The molecule has 2 aromatic carbocycles. The van der Waals surface area contributed by atoms with Gasteiger partial charge in [-0.25, -0.2) is 18.0 Å². The molecule has 2 unspecified atom stereocenters. The van der Waals surface area contributed by atoms with E-state index in [0.717, 1.165) is 29.1 Å². The lowest BCUT2D eigenvalue weighted by molar-refractivity contribution is -0.158. The maximum atomic E-state index is 14.1. The molecule has 0 bridgehead atoms. The van der Waals surface area contributed by atoms with Crippen LogP contribution < -0.4 is 4.31 Å². The van der Waals surface area contributed by atoms with Crippen molar-refractivity contribution in [2.24, 2.45) is 5.92 Å². The molecule has 0 saturated carbocycles. The molecule has 0 spiro atoms. The summed E-state index contributed by atoms with van der Waals surface area (Å²) in [6.07, 6.45) is 1.63. The first-order valence-electron chi connectivity index (χ1n) is 16.1. The van der Waals surface area contributed by atoms with E-state index < -0.39 is 53.8 Å². The summed E-state index contributed by atoms with van der Waals surface area (Å²) in [6, 6.07) is 12.2. The summed E-state index contributed by atoms with van der Waals surface area (Å²) in [6.45, 7) is 15.4. The van der Waals surface area contributed by atoms with Crippen LogP contribution in [0.15, 0.2) is 71.1 Å². The minimum Gasteiger partial charge on any atom is -0.457 e. The number of sulfonamides is 1. The highest BCUT2D eigenvalue weighted by Crippen LogP contribution is 2.53. The summed E-state index contributed by atoms with van der Waals surface area (Å²) in [5.74, 6) is -2.01. The van der Waals surface area contributed by atoms with Gasteiger partial charge < -0.3 is 18.6 Å². The standard InChI is InChI=1S/C34H42N2O9S2Si/c1-7-18-42-33(38)30-26(46-32-28(31(37)36(30)32)22(6)45-34(39)43-19-8-2)21-35-25-14-12-13-24-23(15-16-27(29(24)25)47(35,40)41)17-20-44-48(9-3,10-4)11-5/h7-8,12-16,22,28,32H,1-2,9-11,17-21H2,3-6H3/t22-,28?,32?/m0/s1. The summed E-state index contributed by atoms with van der Waals surface area (Å²) in [7, 11) is -5.79. The zero-order valence-corrected chi connectivity index (χ0v) is 30.4. The molecule has 3 aliphatic rings. The van der Waals surface area contributed by atoms with Gasteiger partial charge in [0.1, 0.15) is 36.3 Å². The second-order valence-electron chi connectivity index (χ2n) is 11.9. The highest BCUT2D eigenvalue weighted by molar-refractivity contribution is 8.04. The molecular formula is C34H42N2O9S2Si. The van der Waals surface area contributed by atoms with E-state index in [1.165, 1.54) is 33.1 Å². The van der Waals surface area contributed by atoms with Gasteiger partial charge in [-0.2, -0.15) is 0 Å². The molecule has 0 N–H and O–H groups in total. The molecular weight excluding hydrogens is 673 g/mol. The number of anilines is 1. The van der Waals surface area contributed by atoms with Gasteiger partial charge in [0.05, 0.1) is 17.1 Å². The topological polar surface area (TPSA) is 129 Å². The Morgan fingerprint density at radius 3 is 2.40 bits per heavy atom. The Hall–Kier alpha value is -3.59. The van der Waals surface area contributed by atoms with Gasteiger partial charge in [-0.15, -0.1) is 0 Å². The predicted octanol–water partition coefficient (Wildman–Crippen LogP) is 6.11. The van der Waals surface area contributed by atoms with Gasteiger partial charge in [0.15, 0.2) is 8.32 Å². The number of benzene rings is 2. The molecule has 3 aliphatic heterocycles. The number of hydrogen-bond acceptors (Lipinski definition) is 10. The van der Waals surface area contributed by atoms with Gasteiger partial charge in [-0.3, -0.25) is 14.0 Å². The minimum atomic E-state index is -4.01. The Bertz CT molecular complexity index is 1760. The van der Waals surface area contributed by atoms with Crippen LogP contribution >= 0.6 is 11.8 Å². The average molecular weight is 715 g/mol. The number of nitrogens with zero attached hydrogens (tertiary/aromatic N) is 2. The molecule has 1 saturated heterocycles. The third-order valence-electron chi connectivity index (χ3n) is 9.39. The van der Waals surface area contributed by atoms with Crippen molar-refractivity contribution in [2.45, 2.75) is 68.6 Å². The smallest absolute Gasteiger partial charge is 0.457 e. The number of rotatable bonds is 16. The number of fused-ring (bicyclic) bond motifs is 1. The second kappa shape index (κ2) is 14.5. The van der Waals surface area contributed by atoms with E-state index in [4.69, 9.17) is 18.6 Å². The first-order valence-corrected chi connectivity index (χ1v) is 21.0. The molecule has 0 radical (unpaired) electrons. The molecule has 0 aliphatic carbocycles. The third-order valence-corrected chi connectivity index (χ3v) is 17.2. The maximum absolute atomic E-state index is 14.1. The second-order valence-corrected chi connectivity index (χ2v) is 19.7. The molecule has 48 heavy (non-hydrogen) atoms. The van der Waals surface area contributed by atoms with E-state index in [0.29, 0.717) is 29.0 Å². The fourth-order valence-electron chi connectivity index (χ4n) is 6.57. The summed E-state index contributed by atoms with van der Waals surface area (Å²) in [5.41, 5.74) is 1.47.